The summed E-state index contributed by atoms with van der Waals surface area (Å²) >= 11 is 0. The van der Waals surface area contributed by atoms with Crippen LogP contribution in [0.2, 0.25) is 0 Å². The second-order valence-electron chi connectivity index (χ2n) is 9.71. The van der Waals surface area contributed by atoms with Gasteiger partial charge in [0.25, 0.3) is 11.6 Å². The Balaban J connectivity index is 1.31. The maximum atomic E-state index is 13.6. The molecule has 3 aromatic heterocycles. The molecule has 1 fully saturated rings. The first-order valence-corrected chi connectivity index (χ1v) is 12.1. The van der Waals surface area contributed by atoms with Crippen molar-refractivity contribution in [2.75, 3.05) is 13.1 Å². The third kappa shape index (κ3) is 4.63. The highest BCUT2D eigenvalue weighted by atomic mass is 16.5. The highest BCUT2D eigenvalue weighted by molar-refractivity contribution is 6.07. The van der Waals surface area contributed by atoms with Crippen LogP contribution in [-0.2, 0) is 6.42 Å². The molecule has 0 atom stereocenters. The highest BCUT2D eigenvalue weighted by Crippen LogP contribution is 2.30. The molecule has 0 bridgehead atoms. The maximum Gasteiger partial charge on any atom is 0.259 e. The second-order valence-corrected chi connectivity index (χ2v) is 9.71. The van der Waals surface area contributed by atoms with E-state index < -0.39 is 0 Å². The molecule has 5 rings (SSSR count). The molecule has 1 saturated heterocycles. The first-order chi connectivity index (χ1) is 16.9. The lowest BCUT2D eigenvalue weighted by molar-refractivity contribution is 0.0652. The lowest BCUT2D eigenvalue weighted by atomic mass is 9.88. The van der Waals surface area contributed by atoms with Crippen LogP contribution in [0.5, 0.6) is 0 Å². The Morgan fingerprint density at radius 3 is 2.51 bits per heavy atom. The third-order valence-corrected chi connectivity index (χ3v) is 6.66. The molecule has 7 nitrogen and oxygen atoms in total. The molecule has 4 heterocycles. The molecule has 1 aliphatic rings. The molecule has 4 aromatic rings. The van der Waals surface area contributed by atoms with E-state index in [0.29, 0.717) is 65.7 Å². The molecule has 1 aliphatic heterocycles. The number of furan rings is 1. The minimum atomic E-state index is -0.111. The molecule has 1 aromatic carbocycles. The van der Waals surface area contributed by atoms with Gasteiger partial charge in [-0.3, -0.25) is 9.59 Å². The Kier molecular flexibility index (Phi) is 6.24. The van der Waals surface area contributed by atoms with E-state index in [4.69, 9.17) is 8.94 Å². The van der Waals surface area contributed by atoms with Crippen LogP contribution in [0.3, 0.4) is 0 Å². The molecule has 1 amide bonds. The second kappa shape index (κ2) is 9.49. The quantitative estimate of drug-likeness (QED) is 0.334. The van der Waals surface area contributed by atoms with E-state index in [-0.39, 0.29) is 17.6 Å². The van der Waals surface area contributed by atoms with E-state index in [0.717, 1.165) is 12.0 Å². The van der Waals surface area contributed by atoms with E-state index in [2.05, 4.69) is 36.1 Å². The summed E-state index contributed by atoms with van der Waals surface area (Å²) in [5.41, 5.74) is 3.94. The molecule has 0 radical (unpaired) electrons. The minimum absolute atomic E-state index is 0.0801. The number of amides is 1. The summed E-state index contributed by atoms with van der Waals surface area (Å²) in [6.07, 6.45) is 3.85. The Morgan fingerprint density at radius 2 is 1.86 bits per heavy atom. The topological polar surface area (TPSA) is 89.4 Å². The largest absolute Gasteiger partial charge is 0.463 e. The van der Waals surface area contributed by atoms with Gasteiger partial charge in [-0.1, -0.05) is 43.3 Å². The van der Waals surface area contributed by atoms with Gasteiger partial charge in [-0.15, -0.1) is 0 Å². The Hall–Kier alpha value is -3.74. The van der Waals surface area contributed by atoms with Crippen LogP contribution < -0.4 is 0 Å². The fourth-order valence-corrected chi connectivity index (χ4v) is 4.84. The number of likely N-dealkylation sites (tertiary alicyclic amines) is 1. The number of carbonyl (C=O) groups is 2. The number of ketones is 1. The number of benzene rings is 1. The van der Waals surface area contributed by atoms with Crippen LogP contribution in [0.1, 0.15) is 58.7 Å². The Morgan fingerprint density at radius 1 is 1.11 bits per heavy atom. The van der Waals surface area contributed by atoms with Crippen molar-refractivity contribution < 1.29 is 18.5 Å². The van der Waals surface area contributed by atoms with E-state index in [1.54, 1.807) is 31.4 Å². The SMILES string of the molecule is Cc1noc2nc(-c3ccco3)cc(C(=O)N3CCC(C(=O)c4ccc(CC(C)C)cc4)CC3)c12. The predicted molar refractivity (Wildman–Crippen MR) is 132 cm³/mol. The zero-order chi connectivity index (χ0) is 24.5. The summed E-state index contributed by atoms with van der Waals surface area (Å²) in [4.78, 5) is 33.0. The van der Waals surface area contributed by atoms with Crippen molar-refractivity contribution in [2.45, 2.75) is 40.0 Å². The maximum absolute atomic E-state index is 13.6. The lowest BCUT2D eigenvalue weighted by Crippen LogP contribution is -2.40. The van der Waals surface area contributed by atoms with Gasteiger partial charge in [0.05, 0.1) is 22.9 Å². The summed E-state index contributed by atoms with van der Waals surface area (Å²) < 4.78 is 10.9. The highest BCUT2D eigenvalue weighted by Gasteiger charge is 2.30. The van der Waals surface area contributed by atoms with Gasteiger partial charge in [-0.05, 0) is 55.9 Å². The number of piperidine rings is 1. The van der Waals surface area contributed by atoms with Gasteiger partial charge in [0.2, 0.25) is 0 Å². The zero-order valence-electron chi connectivity index (χ0n) is 20.3. The van der Waals surface area contributed by atoms with Gasteiger partial charge in [-0.2, -0.15) is 0 Å². The lowest BCUT2D eigenvalue weighted by Gasteiger charge is -2.31. The van der Waals surface area contributed by atoms with Crippen LogP contribution in [-0.4, -0.2) is 39.8 Å². The normalized spacial score (nSPS) is 14.7. The van der Waals surface area contributed by atoms with Crippen molar-refractivity contribution in [3.05, 3.63) is 71.1 Å². The summed E-state index contributed by atoms with van der Waals surface area (Å²) in [6, 6.07) is 13.3. The van der Waals surface area contributed by atoms with Crippen molar-refractivity contribution in [1.29, 1.82) is 0 Å². The fourth-order valence-electron chi connectivity index (χ4n) is 4.84. The average Bonchev–Trinajstić information content (AvgIpc) is 3.53. The Labute approximate surface area is 204 Å². The third-order valence-electron chi connectivity index (χ3n) is 6.66. The number of rotatable bonds is 6. The molecule has 0 unspecified atom stereocenters. The molecular formula is C28H29N3O4. The summed E-state index contributed by atoms with van der Waals surface area (Å²) in [5, 5.41) is 4.63. The number of pyridine rings is 1. The van der Waals surface area contributed by atoms with E-state index in [1.807, 2.05) is 17.0 Å². The van der Waals surface area contributed by atoms with E-state index >= 15 is 0 Å². The number of aromatic nitrogens is 2. The number of Topliss-reactive ketones (excluding diaryl/α,β-unsaturated/α-hetero) is 1. The summed E-state index contributed by atoms with van der Waals surface area (Å²) in [7, 11) is 0. The van der Waals surface area contributed by atoms with Crippen molar-refractivity contribution in [3.63, 3.8) is 0 Å². The van der Waals surface area contributed by atoms with Crippen molar-refractivity contribution >= 4 is 22.8 Å². The molecule has 0 spiro atoms. The number of hydrogen-bond acceptors (Lipinski definition) is 6. The number of hydrogen-bond donors (Lipinski definition) is 0. The monoisotopic (exact) mass is 471 g/mol. The number of aryl methyl sites for hydroxylation is 1. The van der Waals surface area contributed by atoms with Gasteiger partial charge in [0, 0.05) is 24.6 Å². The van der Waals surface area contributed by atoms with Gasteiger partial charge < -0.3 is 13.8 Å². The van der Waals surface area contributed by atoms with Gasteiger partial charge in [-0.25, -0.2) is 4.98 Å². The van der Waals surface area contributed by atoms with Crippen molar-refractivity contribution in [3.8, 4) is 11.5 Å². The first-order valence-electron chi connectivity index (χ1n) is 12.1. The Bertz CT molecular complexity index is 1350. The van der Waals surface area contributed by atoms with Gasteiger partial charge in [0.15, 0.2) is 11.5 Å². The first kappa shape index (κ1) is 23.0. The smallest absolute Gasteiger partial charge is 0.259 e. The van der Waals surface area contributed by atoms with Gasteiger partial charge in [0.1, 0.15) is 5.69 Å². The molecule has 35 heavy (non-hydrogen) atoms. The van der Waals surface area contributed by atoms with Crippen LogP contribution in [0, 0.1) is 18.8 Å². The summed E-state index contributed by atoms with van der Waals surface area (Å²) in [5.74, 6) is 1.11. The standard InChI is InChI=1S/C28H29N3O4/c1-17(2)15-19-6-8-20(9-7-19)26(32)21-10-12-31(13-11-21)28(33)22-16-23(24-5-4-14-34-24)29-27-25(22)18(3)30-35-27/h4-9,14,16-17,21H,10-13,15H2,1-3H3. The van der Waals surface area contributed by atoms with Crippen LogP contribution in [0.15, 0.2) is 57.7 Å². The molecule has 0 N–H and O–H groups in total. The van der Waals surface area contributed by atoms with Crippen molar-refractivity contribution in [1.82, 2.24) is 15.0 Å². The van der Waals surface area contributed by atoms with E-state index in [9.17, 15) is 9.59 Å². The zero-order valence-corrected chi connectivity index (χ0v) is 20.3. The number of nitrogens with zero attached hydrogens (tertiary/aromatic N) is 3. The molecular weight excluding hydrogens is 442 g/mol. The summed E-state index contributed by atoms with van der Waals surface area (Å²) in [6.45, 7) is 7.21. The van der Waals surface area contributed by atoms with Crippen LogP contribution in [0.4, 0.5) is 0 Å². The minimum Gasteiger partial charge on any atom is -0.463 e. The fraction of sp³-hybridized carbons (Fsp3) is 0.357. The number of fused-ring (bicyclic) bond motifs is 1. The van der Waals surface area contributed by atoms with Gasteiger partial charge >= 0.3 is 0 Å². The van der Waals surface area contributed by atoms with Crippen LogP contribution >= 0.6 is 0 Å². The molecule has 0 saturated carbocycles. The van der Waals surface area contributed by atoms with E-state index in [1.165, 1.54) is 5.56 Å². The average molecular weight is 472 g/mol. The van der Waals surface area contributed by atoms with Crippen molar-refractivity contribution in [2.24, 2.45) is 11.8 Å². The molecule has 180 valence electrons. The number of carbonyl (C=O) groups excluding carboxylic acids is 2. The predicted octanol–water partition coefficient (Wildman–Crippen LogP) is 5.72. The molecule has 7 heteroatoms. The molecule has 0 aliphatic carbocycles. The van der Waals surface area contributed by atoms with Crippen LogP contribution in [0.25, 0.3) is 22.6 Å².